The van der Waals surface area contributed by atoms with Crippen molar-refractivity contribution < 1.29 is 14.3 Å². The van der Waals surface area contributed by atoms with E-state index >= 15 is 0 Å². The monoisotopic (exact) mass is 433 g/mol. The van der Waals surface area contributed by atoms with Gasteiger partial charge >= 0.3 is 0 Å². The number of hydrogen-bond acceptors (Lipinski definition) is 5. The van der Waals surface area contributed by atoms with Gasteiger partial charge in [0.2, 0.25) is 5.91 Å². The van der Waals surface area contributed by atoms with Gasteiger partial charge in [0.05, 0.1) is 6.04 Å². The average molecular weight is 434 g/mol. The highest BCUT2D eigenvalue weighted by atomic mass is 35.5. The van der Waals surface area contributed by atoms with Gasteiger partial charge < -0.3 is 20.5 Å². The number of halogens is 2. The van der Waals surface area contributed by atoms with Gasteiger partial charge in [0.15, 0.2) is 0 Å². The number of amides is 1. The zero-order chi connectivity index (χ0) is 18.4. The molecule has 0 spiro atoms. The maximum atomic E-state index is 12.4. The maximum absolute atomic E-state index is 12.4. The number of nitrogens with zero attached hydrogens (tertiary/aromatic N) is 1. The van der Waals surface area contributed by atoms with Crippen LogP contribution in [0.15, 0.2) is 18.2 Å². The van der Waals surface area contributed by atoms with Gasteiger partial charge in [0, 0.05) is 25.4 Å². The fourth-order valence-electron chi connectivity index (χ4n) is 3.69. The maximum Gasteiger partial charge on any atom is 0.241 e. The molecule has 0 saturated carbocycles. The first kappa shape index (κ1) is 25.0. The minimum atomic E-state index is -0.490. The molecule has 2 aliphatic rings. The molecule has 160 valence electrons. The number of ether oxygens (including phenoxy) is 2. The molecule has 0 aliphatic carbocycles. The molecule has 2 saturated heterocycles. The molecule has 2 heterocycles. The van der Waals surface area contributed by atoms with Crippen LogP contribution in [-0.2, 0) is 9.53 Å². The molecular formula is C20H33Cl2N3O3. The second-order valence-electron chi connectivity index (χ2n) is 7.34. The summed E-state index contributed by atoms with van der Waals surface area (Å²) in [6.45, 7) is 7.40. The van der Waals surface area contributed by atoms with Crippen molar-refractivity contribution in [3.8, 4) is 5.75 Å². The van der Waals surface area contributed by atoms with Crippen molar-refractivity contribution in [2.75, 3.05) is 44.8 Å². The van der Waals surface area contributed by atoms with Gasteiger partial charge in [0.25, 0.3) is 0 Å². The molecule has 2 fully saturated rings. The second-order valence-corrected chi connectivity index (χ2v) is 7.34. The van der Waals surface area contributed by atoms with Crippen molar-refractivity contribution in [3.05, 3.63) is 23.8 Å². The minimum Gasteiger partial charge on any atom is -0.492 e. The summed E-state index contributed by atoms with van der Waals surface area (Å²) in [7, 11) is 0. The predicted molar refractivity (Wildman–Crippen MR) is 117 cm³/mol. The van der Waals surface area contributed by atoms with Crippen molar-refractivity contribution in [3.63, 3.8) is 0 Å². The van der Waals surface area contributed by atoms with E-state index in [1.165, 1.54) is 25.9 Å². The summed E-state index contributed by atoms with van der Waals surface area (Å²) < 4.78 is 11.2. The number of nitrogens with one attached hydrogen (secondary N) is 1. The first-order valence-corrected chi connectivity index (χ1v) is 9.73. The Morgan fingerprint density at radius 3 is 2.61 bits per heavy atom. The quantitative estimate of drug-likeness (QED) is 0.690. The van der Waals surface area contributed by atoms with E-state index < -0.39 is 6.04 Å². The summed E-state index contributed by atoms with van der Waals surface area (Å²) in [5.41, 5.74) is 7.92. The Labute approximate surface area is 180 Å². The molecule has 1 aromatic rings. The van der Waals surface area contributed by atoms with Crippen molar-refractivity contribution in [1.82, 2.24) is 4.90 Å². The fraction of sp³-hybridized carbons (Fsp3) is 0.650. The largest absolute Gasteiger partial charge is 0.492 e. The van der Waals surface area contributed by atoms with Crippen LogP contribution in [0.4, 0.5) is 5.69 Å². The van der Waals surface area contributed by atoms with Crippen molar-refractivity contribution >= 4 is 36.4 Å². The number of likely N-dealkylation sites (tertiary alicyclic amines) is 1. The standard InChI is InChI=1S/C20H31N3O3.2ClH/c1-15-14-17(22-20(24)19(21)16-6-11-25-12-7-16)4-5-18(15)26-13-10-23-8-2-3-9-23;;/h4-5,14,16,19H,2-3,6-13,21H2,1H3,(H,22,24);2*1H. The molecule has 3 rings (SSSR count). The normalized spacial score (nSPS) is 18.6. The van der Waals surface area contributed by atoms with Gasteiger partial charge in [-0.15, -0.1) is 24.8 Å². The van der Waals surface area contributed by atoms with E-state index in [1.54, 1.807) is 0 Å². The molecule has 2 aliphatic heterocycles. The van der Waals surface area contributed by atoms with Gasteiger partial charge in [-0.05, 0) is 75.4 Å². The molecule has 1 aromatic carbocycles. The Balaban J connectivity index is 0.00000196. The Bertz CT molecular complexity index is 606. The molecule has 1 amide bonds. The second kappa shape index (κ2) is 12.5. The molecule has 0 bridgehead atoms. The van der Waals surface area contributed by atoms with Crippen LogP contribution < -0.4 is 15.8 Å². The Morgan fingerprint density at radius 2 is 1.96 bits per heavy atom. The van der Waals surface area contributed by atoms with Gasteiger partial charge in [-0.1, -0.05) is 0 Å². The predicted octanol–water partition coefficient (Wildman–Crippen LogP) is 3.01. The van der Waals surface area contributed by atoms with E-state index in [9.17, 15) is 4.79 Å². The smallest absolute Gasteiger partial charge is 0.241 e. The van der Waals surface area contributed by atoms with Crippen molar-refractivity contribution in [2.45, 2.75) is 38.6 Å². The van der Waals surface area contributed by atoms with Gasteiger partial charge in [0.1, 0.15) is 12.4 Å². The van der Waals surface area contributed by atoms with Crippen LogP contribution in [0.5, 0.6) is 5.75 Å². The molecule has 1 unspecified atom stereocenters. The molecule has 3 N–H and O–H groups in total. The zero-order valence-electron chi connectivity index (χ0n) is 16.5. The lowest BCUT2D eigenvalue weighted by Gasteiger charge is -2.26. The zero-order valence-corrected chi connectivity index (χ0v) is 18.2. The lowest BCUT2D eigenvalue weighted by atomic mass is 9.92. The van der Waals surface area contributed by atoms with Crippen LogP contribution >= 0.6 is 24.8 Å². The summed E-state index contributed by atoms with van der Waals surface area (Å²) in [6.07, 6.45) is 4.28. The summed E-state index contributed by atoms with van der Waals surface area (Å²) in [6, 6.07) is 5.26. The third-order valence-corrected chi connectivity index (χ3v) is 5.38. The number of carbonyl (C=O) groups excluding carboxylic acids is 1. The van der Waals surface area contributed by atoms with Gasteiger partial charge in [-0.3, -0.25) is 9.69 Å². The molecule has 8 heteroatoms. The van der Waals surface area contributed by atoms with Crippen LogP contribution in [-0.4, -0.2) is 56.3 Å². The van der Waals surface area contributed by atoms with Crippen molar-refractivity contribution in [1.29, 1.82) is 0 Å². The SMILES string of the molecule is Cc1cc(NC(=O)C(N)C2CCOCC2)ccc1OCCN1CCCC1.Cl.Cl. The molecule has 0 aromatic heterocycles. The molecule has 0 radical (unpaired) electrons. The average Bonchev–Trinajstić information content (AvgIpc) is 3.17. The van der Waals surface area contributed by atoms with E-state index in [-0.39, 0.29) is 36.6 Å². The number of anilines is 1. The number of hydrogen-bond donors (Lipinski definition) is 2. The Hall–Kier alpha value is -1.05. The molecule has 6 nitrogen and oxygen atoms in total. The lowest BCUT2D eigenvalue weighted by molar-refractivity contribution is -0.119. The number of nitrogens with two attached hydrogens (primary N) is 1. The highest BCUT2D eigenvalue weighted by Gasteiger charge is 2.26. The van der Waals surface area contributed by atoms with E-state index in [4.69, 9.17) is 15.2 Å². The number of benzene rings is 1. The van der Waals surface area contributed by atoms with E-state index in [0.29, 0.717) is 19.8 Å². The fourth-order valence-corrected chi connectivity index (χ4v) is 3.69. The lowest BCUT2D eigenvalue weighted by Crippen LogP contribution is -2.44. The Morgan fingerprint density at radius 1 is 1.29 bits per heavy atom. The summed E-state index contributed by atoms with van der Waals surface area (Å²) in [4.78, 5) is 14.8. The molecule has 1 atom stereocenters. The van der Waals surface area contributed by atoms with Gasteiger partial charge in [-0.2, -0.15) is 0 Å². The van der Waals surface area contributed by atoms with Crippen LogP contribution in [0, 0.1) is 12.8 Å². The van der Waals surface area contributed by atoms with Crippen LogP contribution in [0.25, 0.3) is 0 Å². The minimum absolute atomic E-state index is 0. The van der Waals surface area contributed by atoms with Gasteiger partial charge in [-0.25, -0.2) is 0 Å². The van der Waals surface area contributed by atoms with E-state index in [0.717, 1.165) is 36.4 Å². The summed E-state index contributed by atoms with van der Waals surface area (Å²) in [5.74, 6) is 0.938. The topological polar surface area (TPSA) is 76.8 Å². The van der Waals surface area contributed by atoms with Crippen LogP contribution in [0.3, 0.4) is 0 Å². The van der Waals surface area contributed by atoms with Crippen LogP contribution in [0.1, 0.15) is 31.2 Å². The van der Waals surface area contributed by atoms with E-state index in [1.807, 2.05) is 25.1 Å². The third kappa shape index (κ3) is 7.08. The Kier molecular flexibility index (Phi) is 11.2. The molecular weight excluding hydrogens is 401 g/mol. The van der Waals surface area contributed by atoms with Crippen LogP contribution in [0.2, 0.25) is 0 Å². The number of aryl methyl sites for hydroxylation is 1. The van der Waals surface area contributed by atoms with E-state index in [2.05, 4.69) is 10.2 Å². The highest BCUT2D eigenvalue weighted by Crippen LogP contribution is 2.23. The first-order valence-electron chi connectivity index (χ1n) is 9.73. The number of carbonyl (C=O) groups is 1. The summed E-state index contributed by atoms with van der Waals surface area (Å²) in [5, 5.41) is 2.94. The summed E-state index contributed by atoms with van der Waals surface area (Å²) >= 11 is 0. The van der Waals surface area contributed by atoms with Crippen molar-refractivity contribution in [2.24, 2.45) is 11.7 Å². The first-order chi connectivity index (χ1) is 12.6. The number of rotatable bonds is 7. The third-order valence-electron chi connectivity index (χ3n) is 5.38. The molecule has 28 heavy (non-hydrogen) atoms. The highest BCUT2D eigenvalue weighted by molar-refractivity contribution is 5.95.